The number of benzene rings is 1. The molecule has 0 atom stereocenters. The van der Waals surface area contributed by atoms with Gasteiger partial charge in [0.2, 0.25) is 0 Å². The van der Waals surface area contributed by atoms with Crippen LogP contribution in [0.25, 0.3) is 0 Å². The molecule has 0 radical (unpaired) electrons. The Morgan fingerprint density at radius 1 is 1.35 bits per heavy atom. The van der Waals surface area contributed by atoms with Crippen LogP contribution >= 0.6 is 0 Å². The van der Waals surface area contributed by atoms with E-state index in [-0.39, 0.29) is 5.91 Å². The molecule has 1 aliphatic rings. The minimum Gasteiger partial charge on any atom is -0.497 e. The maximum absolute atomic E-state index is 12.5. The minimum atomic E-state index is 0.0639. The number of pyridine rings is 1. The lowest BCUT2D eigenvalue weighted by atomic mass is 9.98. The summed E-state index contributed by atoms with van der Waals surface area (Å²) in [6.45, 7) is 1.34. The second kappa shape index (κ2) is 5.33. The maximum atomic E-state index is 12.5. The van der Waals surface area contributed by atoms with Gasteiger partial charge in [0.15, 0.2) is 0 Å². The van der Waals surface area contributed by atoms with E-state index >= 15 is 0 Å². The Balaban J connectivity index is 1.85. The summed E-state index contributed by atoms with van der Waals surface area (Å²) in [5.41, 5.74) is 2.89. The summed E-state index contributed by atoms with van der Waals surface area (Å²) in [6.07, 6.45) is 4.42. The van der Waals surface area contributed by atoms with E-state index in [4.69, 9.17) is 4.74 Å². The summed E-state index contributed by atoms with van der Waals surface area (Å²) >= 11 is 0. The minimum absolute atomic E-state index is 0.0639. The first-order valence-corrected chi connectivity index (χ1v) is 6.63. The number of amides is 1. The molecule has 4 nitrogen and oxygen atoms in total. The van der Waals surface area contributed by atoms with Gasteiger partial charge in [-0.3, -0.25) is 9.78 Å². The van der Waals surface area contributed by atoms with Gasteiger partial charge in [-0.15, -0.1) is 0 Å². The van der Waals surface area contributed by atoms with E-state index < -0.39 is 0 Å². The Kier molecular flexibility index (Phi) is 3.37. The molecule has 0 saturated heterocycles. The number of carbonyl (C=O) groups is 1. The van der Waals surface area contributed by atoms with Crippen molar-refractivity contribution in [2.24, 2.45) is 0 Å². The first kappa shape index (κ1) is 12.7. The number of hydrogen-bond donors (Lipinski definition) is 0. The Labute approximate surface area is 118 Å². The van der Waals surface area contributed by atoms with Gasteiger partial charge in [-0.05, 0) is 35.7 Å². The molecule has 3 rings (SSSR count). The standard InChI is InChI=1S/C16H16N2O2/c1-20-14-5-4-13-6-8-18(16(19)15(13)9-14)11-12-3-2-7-17-10-12/h2-5,7,9-10H,6,8,11H2,1H3. The summed E-state index contributed by atoms with van der Waals surface area (Å²) in [6, 6.07) is 9.59. The van der Waals surface area contributed by atoms with E-state index in [0.717, 1.165) is 35.4 Å². The van der Waals surface area contributed by atoms with Crippen LogP contribution in [-0.4, -0.2) is 29.4 Å². The molecule has 20 heavy (non-hydrogen) atoms. The van der Waals surface area contributed by atoms with Gasteiger partial charge in [0.25, 0.3) is 5.91 Å². The summed E-state index contributed by atoms with van der Waals surface area (Å²) < 4.78 is 5.20. The molecule has 1 aliphatic heterocycles. The molecule has 0 fully saturated rings. The molecule has 0 spiro atoms. The van der Waals surface area contributed by atoms with Crippen molar-refractivity contribution in [1.29, 1.82) is 0 Å². The average Bonchev–Trinajstić information content (AvgIpc) is 2.51. The van der Waals surface area contributed by atoms with Crippen molar-refractivity contribution in [3.05, 3.63) is 59.4 Å². The lowest BCUT2D eigenvalue weighted by Gasteiger charge is -2.28. The number of nitrogens with zero attached hydrogens (tertiary/aromatic N) is 2. The van der Waals surface area contributed by atoms with Crippen LogP contribution in [0.1, 0.15) is 21.5 Å². The lowest BCUT2D eigenvalue weighted by molar-refractivity contribution is 0.0726. The predicted octanol–water partition coefficient (Wildman–Crippen LogP) is 2.29. The second-order valence-corrected chi connectivity index (χ2v) is 4.86. The number of hydrogen-bond acceptors (Lipinski definition) is 3. The Morgan fingerprint density at radius 2 is 2.25 bits per heavy atom. The molecular formula is C16H16N2O2. The maximum Gasteiger partial charge on any atom is 0.254 e. The molecule has 0 bridgehead atoms. The van der Waals surface area contributed by atoms with Crippen LogP contribution in [0.2, 0.25) is 0 Å². The van der Waals surface area contributed by atoms with Crippen molar-refractivity contribution in [3.8, 4) is 5.75 Å². The second-order valence-electron chi connectivity index (χ2n) is 4.86. The van der Waals surface area contributed by atoms with Crippen LogP contribution in [-0.2, 0) is 13.0 Å². The van der Waals surface area contributed by atoms with Gasteiger partial charge in [0, 0.05) is 31.0 Å². The van der Waals surface area contributed by atoms with E-state index in [1.54, 1.807) is 19.5 Å². The van der Waals surface area contributed by atoms with Crippen molar-refractivity contribution in [2.75, 3.05) is 13.7 Å². The first-order chi connectivity index (χ1) is 9.78. The fourth-order valence-electron chi connectivity index (χ4n) is 2.49. The van der Waals surface area contributed by atoms with Crippen LogP contribution in [0, 0.1) is 0 Å². The summed E-state index contributed by atoms with van der Waals surface area (Å²) in [5.74, 6) is 0.786. The molecule has 1 aromatic heterocycles. The van der Waals surface area contributed by atoms with E-state index in [1.165, 1.54) is 0 Å². The van der Waals surface area contributed by atoms with Crippen LogP contribution in [0.3, 0.4) is 0 Å². The molecule has 0 N–H and O–H groups in total. The quantitative estimate of drug-likeness (QED) is 0.857. The highest BCUT2D eigenvalue weighted by Gasteiger charge is 2.24. The monoisotopic (exact) mass is 268 g/mol. The van der Waals surface area contributed by atoms with Crippen molar-refractivity contribution in [3.63, 3.8) is 0 Å². The van der Waals surface area contributed by atoms with Crippen LogP contribution in [0.15, 0.2) is 42.7 Å². The van der Waals surface area contributed by atoms with E-state index in [1.807, 2.05) is 35.2 Å². The molecule has 0 aliphatic carbocycles. The highest BCUT2D eigenvalue weighted by molar-refractivity contribution is 5.97. The van der Waals surface area contributed by atoms with Gasteiger partial charge in [0.1, 0.15) is 5.75 Å². The number of aromatic nitrogens is 1. The largest absolute Gasteiger partial charge is 0.497 e. The van der Waals surface area contributed by atoms with Gasteiger partial charge in [-0.1, -0.05) is 12.1 Å². The molecule has 2 heterocycles. The first-order valence-electron chi connectivity index (χ1n) is 6.63. The molecule has 2 aromatic rings. The number of carbonyl (C=O) groups excluding carboxylic acids is 1. The predicted molar refractivity (Wildman–Crippen MR) is 75.7 cm³/mol. The Hall–Kier alpha value is -2.36. The molecule has 0 unspecified atom stereocenters. The zero-order chi connectivity index (χ0) is 13.9. The highest BCUT2D eigenvalue weighted by Crippen LogP contribution is 2.24. The summed E-state index contributed by atoms with van der Waals surface area (Å²) in [7, 11) is 1.61. The van der Waals surface area contributed by atoms with E-state index in [2.05, 4.69) is 4.98 Å². The SMILES string of the molecule is COc1ccc2c(c1)C(=O)N(Cc1cccnc1)CC2. The molecule has 0 saturated carbocycles. The molecular weight excluding hydrogens is 252 g/mol. The van der Waals surface area contributed by atoms with E-state index in [0.29, 0.717) is 6.54 Å². The highest BCUT2D eigenvalue weighted by atomic mass is 16.5. The Bertz CT molecular complexity index is 626. The lowest BCUT2D eigenvalue weighted by Crippen LogP contribution is -2.37. The van der Waals surface area contributed by atoms with Crippen molar-refractivity contribution in [1.82, 2.24) is 9.88 Å². The summed E-state index contributed by atoms with van der Waals surface area (Å²) in [5, 5.41) is 0. The van der Waals surface area contributed by atoms with Crippen LogP contribution in [0.4, 0.5) is 0 Å². The number of fused-ring (bicyclic) bond motifs is 1. The Morgan fingerprint density at radius 3 is 3.00 bits per heavy atom. The topological polar surface area (TPSA) is 42.4 Å². The average molecular weight is 268 g/mol. The normalized spacial score (nSPS) is 14.1. The third-order valence-corrected chi connectivity index (χ3v) is 3.58. The molecule has 102 valence electrons. The molecule has 4 heteroatoms. The fraction of sp³-hybridized carbons (Fsp3) is 0.250. The molecule has 1 aromatic carbocycles. The van der Waals surface area contributed by atoms with Gasteiger partial charge in [0.05, 0.1) is 7.11 Å². The molecule has 1 amide bonds. The van der Waals surface area contributed by atoms with Crippen molar-refractivity contribution in [2.45, 2.75) is 13.0 Å². The fourth-order valence-corrected chi connectivity index (χ4v) is 2.49. The number of ether oxygens (including phenoxy) is 1. The van der Waals surface area contributed by atoms with Gasteiger partial charge in [-0.2, -0.15) is 0 Å². The van der Waals surface area contributed by atoms with Gasteiger partial charge < -0.3 is 9.64 Å². The third kappa shape index (κ3) is 2.37. The summed E-state index contributed by atoms with van der Waals surface area (Å²) in [4.78, 5) is 18.5. The van der Waals surface area contributed by atoms with Crippen LogP contribution in [0.5, 0.6) is 5.75 Å². The van der Waals surface area contributed by atoms with Crippen molar-refractivity contribution >= 4 is 5.91 Å². The zero-order valence-corrected chi connectivity index (χ0v) is 11.4. The number of methoxy groups -OCH3 is 1. The zero-order valence-electron chi connectivity index (χ0n) is 11.4. The van der Waals surface area contributed by atoms with Gasteiger partial charge in [-0.25, -0.2) is 0 Å². The van der Waals surface area contributed by atoms with E-state index in [9.17, 15) is 4.79 Å². The van der Waals surface area contributed by atoms with Gasteiger partial charge >= 0.3 is 0 Å². The third-order valence-electron chi connectivity index (χ3n) is 3.58. The number of rotatable bonds is 3. The smallest absolute Gasteiger partial charge is 0.254 e. The van der Waals surface area contributed by atoms with Crippen molar-refractivity contribution < 1.29 is 9.53 Å². The van der Waals surface area contributed by atoms with Crippen LogP contribution < -0.4 is 4.74 Å².